The van der Waals surface area contributed by atoms with Crippen LogP contribution in [-0.4, -0.2) is 49.6 Å². The maximum absolute atomic E-state index is 12.6. The van der Waals surface area contributed by atoms with Crippen molar-refractivity contribution in [3.05, 3.63) is 22.8 Å². The molecular weight excluding hydrogens is 355 g/mol. The Morgan fingerprint density at radius 3 is 2.35 bits per heavy atom. The van der Waals surface area contributed by atoms with E-state index < -0.39 is 21.8 Å². The van der Waals surface area contributed by atoms with Gasteiger partial charge in [0.2, 0.25) is 10.0 Å². The van der Waals surface area contributed by atoms with Crippen molar-refractivity contribution in [3.8, 4) is 0 Å². The minimum absolute atomic E-state index is 0.0896. The van der Waals surface area contributed by atoms with E-state index in [0.717, 1.165) is 12.3 Å². The van der Waals surface area contributed by atoms with Gasteiger partial charge in [0.05, 0.1) is 16.3 Å². The van der Waals surface area contributed by atoms with Gasteiger partial charge < -0.3 is 4.90 Å². The average Bonchev–Trinajstić information content (AvgIpc) is 2.46. The lowest BCUT2D eigenvalue weighted by molar-refractivity contribution is -0.137. The van der Waals surface area contributed by atoms with E-state index in [4.69, 9.17) is 11.6 Å². The van der Waals surface area contributed by atoms with Crippen molar-refractivity contribution in [3.63, 3.8) is 0 Å². The number of hydrogen-bond acceptors (Lipinski definition) is 4. The van der Waals surface area contributed by atoms with Crippen molar-refractivity contribution in [1.82, 2.24) is 9.29 Å². The zero-order valence-electron chi connectivity index (χ0n) is 12.5. The summed E-state index contributed by atoms with van der Waals surface area (Å²) in [5.41, 5.74) is -0.907. The Morgan fingerprint density at radius 2 is 1.87 bits per heavy atom. The van der Waals surface area contributed by atoms with Crippen molar-refractivity contribution >= 4 is 27.4 Å². The number of rotatable bonds is 4. The number of nitrogens with zero attached hydrogens (tertiary/aromatic N) is 3. The molecule has 10 heteroatoms. The number of pyridine rings is 1. The van der Waals surface area contributed by atoms with Gasteiger partial charge in [0.25, 0.3) is 0 Å². The summed E-state index contributed by atoms with van der Waals surface area (Å²) in [6, 6.07) is 0.837. The normalized spacial score (nSPS) is 17.5. The number of anilines is 1. The zero-order chi connectivity index (χ0) is 17.3. The first-order valence-electron chi connectivity index (χ1n) is 7.10. The fraction of sp³-hybridized carbons (Fsp3) is 0.615. The number of aromatic nitrogens is 1. The molecule has 0 N–H and O–H groups in total. The number of alkyl halides is 3. The molecule has 0 spiro atoms. The summed E-state index contributed by atoms with van der Waals surface area (Å²) in [6.45, 7) is 2.99. The zero-order valence-corrected chi connectivity index (χ0v) is 14.0. The predicted molar refractivity (Wildman–Crippen MR) is 82.1 cm³/mol. The minimum atomic E-state index is -4.50. The lowest BCUT2D eigenvalue weighted by atomic mass is 10.2. The maximum Gasteiger partial charge on any atom is 0.417 e. The second-order valence-corrected chi connectivity index (χ2v) is 7.72. The molecule has 23 heavy (non-hydrogen) atoms. The number of hydrogen-bond donors (Lipinski definition) is 0. The van der Waals surface area contributed by atoms with Crippen molar-refractivity contribution in [2.75, 3.05) is 36.8 Å². The summed E-state index contributed by atoms with van der Waals surface area (Å²) in [5, 5.41) is -0.0929. The van der Waals surface area contributed by atoms with Gasteiger partial charge in [-0.1, -0.05) is 18.5 Å². The fourth-order valence-electron chi connectivity index (χ4n) is 2.38. The van der Waals surface area contributed by atoms with Crippen LogP contribution >= 0.6 is 11.6 Å². The Morgan fingerprint density at radius 1 is 1.26 bits per heavy atom. The fourth-order valence-corrected chi connectivity index (χ4v) is 4.16. The van der Waals surface area contributed by atoms with Crippen molar-refractivity contribution in [2.24, 2.45) is 0 Å². The molecule has 5 nitrogen and oxygen atoms in total. The van der Waals surface area contributed by atoms with Gasteiger partial charge >= 0.3 is 6.18 Å². The molecule has 0 atom stereocenters. The van der Waals surface area contributed by atoms with Crippen molar-refractivity contribution < 1.29 is 21.6 Å². The van der Waals surface area contributed by atoms with E-state index >= 15 is 0 Å². The molecule has 0 bridgehead atoms. The van der Waals surface area contributed by atoms with E-state index in [9.17, 15) is 21.6 Å². The monoisotopic (exact) mass is 371 g/mol. The van der Waals surface area contributed by atoms with Gasteiger partial charge in [-0.05, 0) is 12.5 Å². The summed E-state index contributed by atoms with van der Waals surface area (Å²) >= 11 is 5.91. The summed E-state index contributed by atoms with van der Waals surface area (Å²) in [5.74, 6) is 0.332. The van der Waals surface area contributed by atoms with Crippen LogP contribution in [0.2, 0.25) is 5.02 Å². The SMILES string of the molecule is CCCS(=O)(=O)N1CCN(c2ncc(C(F)(F)F)cc2Cl)CC1. The van der Waals surface area contributed by atoms with Crippen LogP contribution in [0.15, 0.2) is 12.3 Å². The smallest absolute Gasteiger partial charge is 0.353 e. The lowest BCUT2D eigenvalue weighted by Gasteiger charge is -2.35. The van der Waals surface area contributed by atoms with Gasteiger partial charge in [-0.15, -0.1) is 0 Å². The van der Waals surface area contributed by atoms with Gasteiger partial charge in [-0.2, -0.15) is 17.5 Å². The molecule has 2 rings (SSSR count). The second-order valence-electron chi connectivity index (χ2n) is 5.23. The number of sulfonamides is 1. The molecule has 1 aliphatic rings. The third-order valence-corrected chi connectivity index (χ3v) is 5.90. The van der Waals surface area contributed by atoms with Gasteiger partial charge in [-0.25, -0.2) is 13.4 Å². The molecule has 0 radical (unpaired) electrons. The Labute approximate surface area is 138 Å². The molecule has 0 unspecified atom stereocenters. The average molecular weight is 372 g/mol. The molecule has 1 aromatic rings. The Kier molecular flexibility index (Phi) is 5.42. The van der Waals surface area contributed by atoms with Gasteiger partial charge in [0, 0.05) is 32.4 Å². The minimum Gasteiger partial charge on any atom is -0.353 e. The Balaban J connectivity index is 2.09. The molecule has 0 amide bonds. The van der Waals surface area contributed by atoms with E-state index in [1.54, 1.807) is 11.8 Å². The standard InChI is InChI=1S/C13H17ClF3N3O2S/c1-2-7-23(21,22)20-5-3-19(4-6-20)12-11(14)8-10(9-18-12)13(15,16)17/h8-9H,2-7H2,1H3. The molecule has 1 aromatic heterocycles. The van der Waals surface area contributed by atoms with Crippen LogP contribution in [0.3, 0.4) is 0 Å². The summed E-state index contributed by atoms with van der Waals surface area (Å²) in [6.07, 6.45) is -3.22. The first kappa shape index (κ1) is 18.3. The largest absolute Gasteiger partial charge is 0.417 e. The molecular formula is C13H17ClF3N3O2S. The van der Waals surface area contributed by atoms with Gasteiger partial charge in [0.15, 0.2) is 0 Å². The van der Waals surface area contributed by atoms with Crippen LogP contribution in [0, 0.1) is 0 Å². The molecule has 0 aliphatic carbocycles. The van der Waals surface area contributed by atoms with E-state index in [1.165, 1.54) is 4.31 Å². The Bertz CT molecular complexity index is 659. The number of halogens is 4. The molecule has 1 aliphatic heterocycles. The lowest BCUT2D eigenvalue weighted by Crippen LogP contribution is -2.49. The molecule has 1 fully saturated rings. The van der Waals surface area contributed by atoms with Crippen LogP contribution in [0.5, 0.6) is 0 Å². The molecule has 0 aromatic carbocycles. The first-order chi connectivity index (χ1) is 10.6. The number of piperazine rings is 1. The second kappa shape index (κ2) is 6.82. The highest BCUT2D eigenvalue weighted by atomic mass is 35.5. The van der Waals surface area contributed by atoms with Crippen molar-refractivity contribution in [1.29, 1.82) is 0 Å². The molecule has 0 saturated carbocycles. The van der Waals surface area contributed by atoms with Crippen LogP contribution in [0.4, 0.5) is 19.0 Å². The van der Waals surface area contributed by atoms with Crippen LogP contribution in [0.1, 0.15) is 18.9 Å². The third kappa shape index (κ3) is 4.27. The van der Waals surface area contributed by atoms with E-state index in [2.05, 4.69) is 4.98 Å². The first-order valence-corrected chi connectivity index (χ1v) is 9.09. The highest BCUT2D eigenvalue weighted by Gasteiger charge is 2.33. The van der Waals surface area contributed by atoms with Gasteiger partial charge in [0.1, 0.15) is 5.82 Å². The summed E-state index contributed by atoms with van der Waals surface area (Å²) in [7, 11) is -3.27. The molecule has 130 valence electrons. The third-order valence-electron chi connectivity index (χ3n) is 3.54. The van der Waals surface area contributed by atoms with E-state index in [-0.39, 0.29) is 29.7 Å². The van der Waals surface area contributed by atoms with Gasteiger partial charge in [-0.3, -0.25) is 0 Å². The van der Waals surface area contributed by atoms with E-state index in [0.29, 0.717) is 19.5 Å². The molecule has 2 heterocycles. The predicted octanol–water partition coefficient (Wildman–Crippen LogP) is 2.62. The van der Waals surface area contributed by atoms with Crippen LogP contribution in [-0.2, 0) is 16.2 Å². The topological polar surface area (TPSA) is 53.5 Å². The summed E-state index contributed by atoms with van der Waals surface area (Å²) < 4.78 is 63.2. The van der Waals surface area contributed by atoms with Crippen LogP contribution < -0.4 is 4.90 Å². The van der Waals surface area contributed by atoms with E-state index in [1.807, 2.05) is 0 Å². The summed E-state index contributed by atoms with van der Waals surface area (Å²) in [4.78, 5) is 5.49. The quantitative estimate of drug-likeness (QED) is 0.816. The maximum atomic E-state index is 12.6. The Hall–Kier alpha value is -1.06. The highest BCUT2D eigenvalue weighted by molar-refractivity contribution is 7.89. The molecule has 1 saturated heterocycles. The van der Waals surface area contributed by atoms with Crippen LogP contribution in [0.25, 0.3) is 0 Å². The highest BCUT2D eigenvalue weighted by Crippen LogP contribution is 2.33. The van der Waals surface area contributed by atoms with Crippen molar-refractivity contribution in [2.45, 2.75) is 19.5 Å².